The van der Waals surface area contributed by atoms with Crippen LogP contribution >= 0.6 is 23.6 Å². The highest BCUT2D eigenvalue weighted by atomic mass is 32.1. The number of para-hydroxylation sites is 1. The second-order valence-corrected chi connectivity index (χ2v) is 6.99. The first kappa shape index (κ1) is 14.7. The molecule has 0 bridgehead atoms. The molecule has 1 aliphatic heterocycles. The summed E-state index contributed by atoms with van der Waals surface area (Å²) in [6.07, 6.45) is 3.51. The van der Waals surface area contributed by atoms with Crippen LogP contribution in [0.5, 0.6) is 0 Å². The van der Waals surface area contributed by atoms with Crippen molar-refractivity contribution in [1.82, 2.24) is 15.2 Å². The summed E-state index contributed by atoms with van der Waals surface area (Å²) >= 11 is 7.34. The topological polar surface area (TPSA) is 28.2 Å². The zero-order valence-electron chi connectivity index (χ0n) is 12.3. The second-order valence-electron chi connectivity index (χ2n) is 5.54. The van der Waals surface area contributed by atoms with E-state index in [1.807, 2.05) is 11.3 Å². The molecule has 0 saturated carbocycles. The van der Waals surface area contributed by atoms with Crippen molar-refractivity contribution < 1.29 is 0 Å². The molecule has 2 aromatic rings. The number of thiocarbonyl (C=S) groups is 1. The van der Waals surface area contributed by atoms with E-state index in [1.165, 1.54) is 22.5 Å². The van der Waals surface area contributed by atoms with E-state index in [2.05, 4.69) is 41.4 Å². The predicted molar refractivity (Wildman–Crippen MR) is 94.1 cm³/mol. The van der Waals surface area contributed by atoms with Gasteiger partial charge in [0.25, 0.3) is 0 Å². The van der Waals surface area contributed by atoms with E-state index in [1.54, 1.807) is 0 Å². The number of likely N-dealkylation sites (tertiary alicyclic amines) is 1. The van der Waals surface area contributed by atoms with Gasteiger partial charge in [0.2, 0.25) is 0 Å². The van der Waals surface area contributed by atoms with Gasteiger partial charge in [-0.15, -0.1) is 11.3 Å². The van der Waals surface area contributed by atoms with Crippen molar-refractivity contribution in [3.63, 3.8) is 0 Å². The Labute approximate surface area is 135 Å². The number of fused-ring (bicyclic) bond motifs is 1. The maximum Gasteiger partial charge on any atom is 0.168 e. The number of thiazole rings is 1. The Bertz CT molecular complexity index is 590. The molecule has 112 valence electrons. The highest BCUT2D eigenvalue weighted by Gasteiger charge is 2.25. The molecule has 0 aliphatic carbocycles. The third kappa shape index (κ3) is 3.35. The summed E-state index contributed by atoms with van der Waals surface area (Å²) in [7, 11) is 0. The number of nitrogens with one attached hydrogen (secondary N) is 1. The largest absolute Gasteiger partial charge is 0.363 e. The average molecular weight is 319 g/mol. The van der Waals surface area contributed by atoms with Crippen LogP contribution in [-0.4, -0.2) is 34.6 Å². The van der Waals surface area contributed by atoms with Crippen molar-refractivity contribution in [3.8, 4) is 0 Å². The molecule has 0 radical (unpaired) electrons. The van der Waals surface area contributed by atoms with Crippen molar-refractivity contribution in [2.75, 3.05) is 19.6 Å². The molecular weight excluding hydrogens is 298 g/mol. The number of hydrogen-bond donors (Lipinski definition) is 1. The van der Waals surface area contributed by atoms with Gasteiger partial charge in [-0.25, -0.2) is 4.98 Å². The van der Waals surface area contributed by atoms with E-state index in [0.29, 0.717) is 5.92 Å². The van der Waals surface area contributed by atoms with Gasteiger partial charge in [-0.3, -0.25) is 0 Å². The summed E-state index contributed by atoms with van der Waals surface area (Å²) in [6.45, 7) is 5.18. The van der Waals surface area contributed by atoms with Gasteiger partial charge in [0.1, 0.15) is 0 Å². The molecular formula is C16H21N3S2. The van der Waals surface area contributed by atoms with Crippen LogP contribution in [0.4, 0.5) is 0 Å². The maximum absolute atomic E-state index is 5.50. The van der Waals surface area contributed by atoms with E-state index in [-0.39, 0.29) is 0 Å². The standard InChI is InChI=1S/C16H21N3S2/c1-2-9-17-16(20)19-10-5-6-12(11-19)15-18-13-7-3-4-8-14(13)21-15/h3-4,7-8,12H,2,5-6,9-11H2,1H3,(H,17,20)/t12-/m0/s1. The number of hydrogen-bond acceptors (Lipinski definition) is 3. The van der Waals surface area contributed by atoms with Crippen molar-refractivity contribution in [2.24, 2.45) is 0 Å². The molecule has 1 aromatic carbocycles. The summed E-state index contributed by atoms with van der Waals surface area (Å²) in [5.74, 6) is 0.512. The fourth-order valence-electron chi connectivity index (χ4n) is 2.77. The lowest BCUT2D eigenvalue weighted by Crippen LogP contribution is -2.44. The van der Waals surface area contributed by atoms with Crippen molar-refractivity contribution >= 4 is 38.9 Å². The van der Waals surface area contributed by atoms with Crippen LogP contribution in [0.1, 0.15) is 37.1 Å². The molecule has 3 rings (SSSR count). The van der Waals surface area contributed by atoms with Crippen molar-refractivity contribution in [2.45, 2.75) is 32.1 Å². The minimum absolute atomic E-state index is 0.512. The third-order valence-corrected chi connectivity index (χ3v) is 5.50. The molecule has 1 saturated heterocycles. The fraction of sp³-hybridized carbons (Fsp3) is 0.500. The molecule has 0 unspecified atom stereocenters. The first-order valence-corrected chi connectivity index (χ1v) is 8.88. The number of aromatic nitrogens is 1. The van der Waals surface area contributed by atoms with Crippen LogP contribution in [-0.2, 0) is 0 Å². The van der Waals surface area contributed by atoms with Crippen LogP contribution in [0.2, 0.25) is 0 Å². The van der Waals surface area contributed by atoms with E-state index in [9.17, 15) is 0 Å². The Kier molecular flexibility index (Phi) is 4.70. The van der Waals surface area contributed by atoms with Gasteiger partial charge in [-0.05, 0) is 43.6 Å². The zero-order chi connectivity index (χ0) is 14.7. The average Bonchev–Trinajstić information content (AvgIpc) is 2.97. The molecule has 21 heavy (non-hydrogen) atoms. The number of nitrogens with zero attached hydrogens (tertiary/aromatic N) is 2. The highest BCUT2D eigenvalue weighted by Crippen LogP contribution is 2.32. The normalized spacial score (nSPS) is 18.9. The Hall–Kier alpha value is -1.20. The van der Waals surface area contributed by atoms with Crippen LogP contribution < -0.4 is 5.32 Å². The minimum atomic E-state index is 0.512. The molecule has 1 aromatic heterocycles. The van der Waals surface area contributed by atoms with Gasteiger partial charge in [0, 0.05) is 25.6 Å². The quantitative estimate of drug-likeness (QED) is 0.872. The highest BCUT2D eigenvalue weighted by molar-refractivity contribution is 7.80. The SMILES string of the molecule is CCCNC(=S)N1CCC[C@H](c2nc3ccccc3s2)C1. The molecule has 5 heteroatoms. The first-order chi connectivity index (χ1) is 10.3. The van der Waals surface area contributed by atoms with Gasteiger partial charge in [-0.1, -0.05) is 19.1 Å². The Morgan fingerprint density at radius 1 is 1.48 bits per heavy atom. The first-order valence-electron chi connectivity index (χ1n) is 7.66. The smallest absolute Gasteiger partial charge is 0.168 e. The number of piperidine rings is 1. The fourth-order valence-corrected chi connectivity index (χ4v) is 4.13. The molecule has 1 fully saturated rings. The summed E-state index contributed by atoms with van der Waals surface area (Å²) in [4.78, 5) is 7.13. The Morgan fingerprint density at radius 2 is 2.33 bits per heavy atom. The van der Waals surface area contributed by atoms with Crippen molar-refractivity contribution in [3.05, 3.63) is 29.3 Å². The lowest BCUT2D eigenvalue weighted by molar-refractivity contribution is 0.305. The Balaban J connectivity index is 1.72. The van der Waals surface area contributed by atoms with Crippen LogP contribution in [0.25, 0.3) is 10.2 Å². The second kappa shape index (κ2) is 6.71. The molecule has 1 aliphatic rings. The van der Waals surface area contributed by atoms with Gasteiger partial charge in [-0.2, -0.15) is 0 Å². The number of rotatable bonds is 3. The molecule has 0 spiro atoms. The van der Waals surface area contributed by atoms with Gasteiger partial charge >= 0.3 is 0 Å². The lowest BCUT2D eigenvalue weighted by atomic mass is 9.99. The third-order valence-electron chi connectivity index (χ3n) is 3.89. The molecule has 1 atom stereocenters. The zero-order valence-corrected chi connectivity index (χ0v) is 14.0. The molecule has 1 N–H and O–H groups in total. The summed E-state index contributed by atoms with van der Waals surface area (Å²) in [6, 6.07) is 8.40. The van der Waals surface area contributed by atoms with E-state index >= 15 is 0 Å². The van der Waals surface area contributed by atoms with Gasteiger partial charge in [0.15, 0.2) is 5.11 Å². The van der Waals surface area contributed by atoms with Gasteiger partial charge < -0.3 is 10.2 Å². The van der Waals surface area contributed by atoms with Crippen molar-refractivity contribution in [1.29, 1.82) is 0 Å². The summed E-state index contributed by atoms with van der Waals surface area (Å²) in [5, 5.41) is 5.51. The van der Waals surface area contributed by atoms with Crippen LogP contribution in [0.15, 0.2) is 24.3 Å². The summed E-state index contributed by atoms with van der Waals surface area (Å²) < 4.78 is 1.29. The Morgan fingerprint density at radius 3 is 3.14 bits per heavy atom. The van der Waals surface area contributed by atoms with E-state index < -0.39 is 0 Å². The minimum Gasteiger partial charge on any atom is -0.363 e. The predicted octanol–water partition coefficient (Wildman–Crippen LogP) is 3.76. The molecule has 2 heterocycles. The van der Waals surface area contributed by atoms with Gasteiger partial charge in [0.05, 0.1) is 15.2 Å². The van der Waals surface area contributed by atoms with E-state index in [0.717, 1.165) is 36.7 Å². The lowest BCUT2D eigenvalue weighted by Gasteiger charge is -2.33. The molecule has 0 amide bonds. The molecule has 3 nitrogen and oxygen atoms in total. The number of benzene rings is 1. The van der Waals surface area contributed by atoms with Crippen LogP contribution in [0.3, 0.4) is 0 Å². The maximum atomic E-state index is 5.50. The van der Waals surface area contributed by atoms with E-state index in [4.69, 9.17) is 17.2 Å². The monoisotopic (exact) mass is 319 g/mol. The summed E-state index contributed by atoms with van der Waals surface area (Å²) in [5.41, 5.74) is 1.13. The van der Waals surface area contributed by atoms with Crippen LogP contribution in [0, 0.1) is 0 Å².